The van der Waals surface area contributed by atoms with Crippen molar-refractivity contribution in [1.82, 2.24) is 10.2 Å². The number of hydrogen-bond acceptors (Lipinski definition) is 7. The number of hydrogen-bond donors (Lipinski definition) is 1. The standard InChI is InChI=1S/C47H52N2O7/c1-35(50)48-43-41(29-17-6-4-2-3-5-7-20-30-49-46(51)39-27-18-19-28-40(39)47(49)52)56-42(34-53-31-36-21-11-8-12-22-36)44(54-32-37-23-13-9-14-24-37)45(43)55-33-38-25-15-10-16-26-38/h8-16,18-19,21-28,41-45H,2-7,20,30-34H2,1H3,(H,48,50)/t41-,42-,43+,44+,45-/m1/s1. The molecule has 0 unspecified atom stereocenters. The van der Waals surface area contributed by atoms with Crippen molar-refractivity contribution in [3.8, 4) is 11.8 Å². The lowest BCUT2D eigenvalue weighted by atomic mass is 9.91. The van der Waals surface area contributed by atoms with Crippen LogP contribution in [0.3, 0.4) is 0 Å². The molecule has 5 atom stereocenters. The van der Waals surface area contributed by atoms with Gasteiger partial charge in [-0.25, -0.2) is 0 Å². The molecular weight excluding hydrogens is 705 g/mol. The summed E-state index contributed by atoms with van der Waals surface area (Å²) in [6, 6.07) is 36.3. The predicted molar refractivity (Wildman–Crippen MR) is 214 cm³/mol. The molecule has 0 radical (unpaired) electrons. The Morgan fingerprint density at radius 3 is 1.73 bits per heavy atom. The van der Waals surface area contributed by atoms with E-state index in [0.29, 0.717) is 43.9 Å². The molecule has 6 rings (SSSR count). The number of benzene rings is 4. The summed E-state index contributed by atoms with van der Waals surface area (Å²) >= 11 is 0. The smallest absolute Gasteiger partial charge is 0.261 e. The predicted octanol–water partition coefficient (Wildman–Crippen LogP) is 7.68. The first-order valence-electron chi connectivity index (χ1n) is 19.8. The third-order valence-corrected chi connectivity index (χ3v) is 10.1. The van der Waals surface area contributed by atoms with Gasteiger partial charge in [0, 0.05) is 19.9 Å². The van der Waals surface area contributed by atoms with E-state index >= 15 is 0 Å². The molecule has 292 valence electrons. The Bertz CT molecular complexity index is 1880. The molecule has 56 heavy (non-hydrogen) atoms. The molecule has 1 fully saturated rings. The van der Waals surface area contributed by atoms with E-state index in [1.165, 1.54) is 11.8 Å². The molecule has 9 heteroatoms. The largest absolute Gasteiger partial charge is 0.374 e. The summed E-state index contributed by atoms with van der Waals surface area (Å²) in [5.74, 6) is 6.10. The lowest BCUT2D eigenvalue weighted by molar-refractivity contribution is -0.222. The highest BCUT2D eigenvalue weighted by atomic mass is 16.6. The van der Waals surface area contributed by atoms with Crippen molar-refractivity contribution >= 4 is 17.7 Å². The molecule has 4 aromatic rings. The summed E-state index contributed by atoms with van der Waals surface area (Å²) in [4.78, 5) is 39.3. The molecular formula is C47H52N2O7. The molecule has 0 spiro atoms. The summed E-state index contributed by atoms with van der Waals surface area (Å²) < 4.78 is 26.2. The molecule has 3 amide bonds. The Balaban J connectivity index is 1.07. The average molecular weight is 757 g/mol. The van der Waals surface area contributed by atoms with Crippen molar-refractivity contribution in [2.24, 2.45) is 0 Å². The van der Waals surface area contributed by atoms with E-state index in [4.69, 9.17) is 18.9 Å². The van der Waals surface area contributed by atoms with Gasteiger partial charge >= 0.3 is 0 Å². The third kappa shape index (κ3) is 11.5. The third-order valence-electron chi connectivity index (χ3n) is 10.1. The van der Waals surface area contributed by atoms with Gasteiger partial charge in [-0.05, 0) is 41.7 Å². The van der Waals surface area contributed by atoms with Gasteiger partial charge in [-0.1, -0.05) is 135 Å². The normalized spacial score (nSPS) is 20.3. The molecule has 2 heterocycles. The molecule has 1 N–H and O–H groups in total. The number of nitrogens with one attached hydrogen (secondary N) is 1. The van der Waals surface area contributed by atoms with E-state index < -0.39 is 30.5 Å². The topological polar surface area (TPSA) is 103 Å². The Hall–Kier alpha value is -5.11. The molecule has 9 nitrogen and oxygen atoms in total. The highest BCUT2D eigenvalue weighted by molar-refractivity contribution is 6.21. The molecule has 0 aliphatic carbocycles. The SMILES string of the molecule is CC(=O)N[C@@H]1[C@@H](OCc2ccccc2)[C@@H](OCc2ccccc2)[C@@H](COCc2ccccc2)O[C@@H]1C#CCCCCCCCCN1C(=O)c2ccccc2C1=O. The van der Waals surface area contributed by atoms with Crippen LogP contribution in [0.5, 0.6) is 0 Å². The van der Waals surface area contributed by atoms with Crippen molar-refractivity contribution < 1.29 is 33.3 Å². The Morgan fingerprint density at radius 2 is 1.16 bits per heavy atom. The first-order chi connectivity index (χ1) is 27.5. The van der Waals surface area contributed by atoms with Gasteiger partial charge in [-0.15, -0.1) is 5.92 Å². The molecule has 1 saturated heterocycles. The van der Waals surface area contributed by atoms with Crippen LogP contribution in [0.4, 0.5) is 0 Å². The first kappa shape index (κ1) is 40.6. The van der Waals surface area contributed by atoms with Gasteiger partial charge in [0.2, 0.25) is 5.91 Å². The van der Waals surface area contributed by atoms with Gasteiger partial charge in [-0.2, -0.15) is 0 Å². The van der Waals surface area contributed by atoms with Gasteiger partial charge in [0.1, 0.15) is 24.4 Å². The lowest BCUT2D eigenvalue weighted by Crippen LogP contribution is -2.65. The highest BCUT2D eigenvalue weighted by Crippen LogP contribution is 2.29. The number of amides is 3. The van der Waals surface area contributed by atoms with E-state index in [1.54, 1.807) is 24.3 Å². The van der Waals surface area contributed by atoms with Crippen LogP contribution < -0.4 is 5.32 Å². The van der Waals surface area contributed by atoms with E-state index in [9.17, 15) is 14.4 Å². The zero-order chi connectivity index (χ0) is 39.0. The summed E-state index contributed by atoms with van der Waals surface area (Å²) in [6.07, 6.45) is 4.07. The fourth-order valence-corrected chi connectivity index (χ4v) is 7.20. The number of unbranched alkanes of at least 4 members (excludes halogenated alkanes) is 6. The van der Waals surface area contributed by atoms with Crippen molar-refractivity contribution in [2.45, 2.75) is 102 Å². The van der Waals surface area contributed by atoms with Crippen molar-refractivity contribution in [3.05, 3.63) is 143 Å². The maximum atomic E-state index is 12.7. The van der Waals surface area contributed by atoms with Crippen molar-refractivity contribution in [3.63, 3.8) is 0 Å². The zero-order valence-corrected chi connectivity index (χ0v) is 32.1. The number of fused-ring (bicyclic) bond motifs is 1. The second-order valence-corrected chi connectivity index (χ2v) is 14.3. The summed E-state index contributed by atoms with van der Waals surface area (Å²) in [7, 11) is 0. The van der Waals surface area contributed by atoms with E-state index in [1.807, 2.05) is 91.0 Å². The first-order valence-corrected chi connectivity index (χ1v) is 19.8. The second-order valence-electron chi connectivity index (χ2n) is 14.3. The Morgan fingerprint density at radius 1 is 0.661 bits per heavy atom. The van der Waals surface area contributed by atoms with Crippen molar-refractivity contribution in [1.29, 1.82) is 0 Å². The number of carbonyl (C=O) groups excluding carboxylic acids is 3. The van der Waals surface area contributed by atoms with Gasteiger partial charge in [0.25, 0.3) is 11.8 Å². The fourth-order valence-electron chi connectivity index (χ4n) is 7.20. The van der Waals surface area contributed by atoms with E-state index in [0.717, 1.165) is 55.2 Å². The lowest BCUT2D eigenvalue weighted by Gasteiger charge is -2.45. The minimum atomic E-state index is -0.649. The average Bonchev–Trinajstić information content (AvgIpc) is 3.46. The number of imide groups is 1. The fraction of sp³-hybridized carbons (Fsp3) is 0.383. The van der Waals surface area contributed by atoms with Crippen LogP contribution in [-0.4, -0.2) is 66.2 Å². The van der Waals surface area contributed by atoms with Crippen LogP contribution in [0.1, 0.15) is 89.3 Å². The zero-order valence-electron chi connectivity index (χ0n) is 32.1. The molecule has 0 bridgehead atoms. The number of carbonyl (C=O) groups is 3. The monoisotopic (exact) mass is 756 g/mol. The molecule has 2 aliphatic heterocycles. The number of nitrogens with zero attached hydrogens (tertiary/aromatic N) is 1. The van der Waals surface area contributed by atoms with E-state index in [2.05, 4.69) is 17.2 Å². The minimum absolute atomic E-state index is 0.192. The van der Waals surface area contributed by atoms with Crippen LogP contribution >= 0.6 is 0 Å². The maximum absolute atomic E-state index is 12.7. The molecule has 2 aliphatic rings. The Labute approximate surface area is 330 Å². The number of rotatable bonds is 19. The molecule has 0 aromatic heterocycles. The van der Waals surface area contributed by atoms with Crippen LogP contribution in [0, 0.1) is 11.8 Å². The maximum Gasteiger partial charge on any atom is 0.261 e. The second kappa shape index (κ2) is 21.3. The molecule has 4 aromatic carbocycles. The quantitative estimate of drug-likeness (QED) is 0.0595. The van der Waals surface area contributed by atoms with Crippen LogP contribution in [0.15, 0.2) is 115 Å². The summed E-state index contributed by atoms with van der Waals surface area (Å²) in [5, 5.41) is 3.10. The minimum Gasteiger partial charge on any atom is -0.374 e. The summed E-state index contributed by atoms with van der Waals surface area (Å²) in [6.45, 7) is 3.26. The van der Waals surface area contributed by atoms with Gasteiger partial charge < -0.3 is 24.3 Å². The van der Waals surface area contributed by atoms with Crippen LogP contribution in [0.2, 0.25) is 0 Å². The van der Waals surface area contributed by atoms with Crippen molar-refractivity contribution in [2.75, 3.05) is 13.2 Å². The van der Waals surface area contributed by atoms with E-state index in [-0.39, 0.29) is 24.3 Å². The Kier molecular flexibility index (Phi) is 15.4. The van der Waals surface area contributed by atoms with Gasteiger partial charge in [-0.3, -0.25) is 19.3 Å². The summed E-state index contributed by atoms with van der Waals surface area (Å²) in [5.41, 5.74) is 4.07. The van der Waals surface area contributed by atoms with Gasteiger partial charge in [0.15, 0.2) is 0 Å². The van der Waals surface area contributed by atoms with Crippen LogP contribution in [0.25, 0.3) is 0 Å². The van der Waals surface area contributed by atoms with Gasteiger partial charge in [0.05, 0.1) is 43.6 Å². The molecule has 0 saturated carbocycles. The van der Waals surface area contributed by atoms with Crippen LogP contribution in [-0.2, 0) is 43.6 Å². The highest BCUT2D eigenvalue weighted by Gasteiger charge is 2.47. The number of ether oxygens (including phenoxy) is 4.